The van der Waals surface area contributed by atoms with Crippen LogP contribution in [-0.4, -0.2) is 34.4 Å². The van der Waals surface area contributed by atoms with Crippen molar-refractivity contribution < 1.29 is 14.3 Å². The molecule has 7 heteroatoms. The Morgan fingerprint density at radius 3 is 2.58 bits per heavy atom. The van der Waals surface area contributed by atoms with Gasteiger partial charge in [0, 0.05) is 0 Å². The molecule has 0 spiro atoms. The van der Waals surface area contributed by atoms with Crippen molar-refractivity contribution in [2.75, 3.05) is 11.9 Å². The Hall–Kier alpha value is -2.51. The molecule has 1 atom stereocenters. The second kappa shape index (κ2) is 8.37. The van der Waals surface area contributed by atoms with Crippen LogP contribution in [0.5, 0.6) is 17.4 Å². The van der Waals surface area contributed by atoms with Gasteiger partial charge in [-0.1, -0.05) is 0 Å². The number of rotatable bonds is 6. The standard InChI is InChI=1S/C17H18AsN3O3/c1-3-8-23-12-4-6-13(7-5-12)24-17-14(10-19)15(18)9-16(21-17)20-11(2)22/h4-7,9H,3,8,18H2,1-2H3,(H,20,21,22). The van der Waals surface area contributed by atoms with Gasteiger partial charge in [-0.3, -0.25) is 0 Å². The number of anilines is 1. The number of amides is 1. The summed E-state index contributed by atoms with van der Waals surface area (Å²) in [6.45, 7) is 4.09. The van der Waals surface area contributed by atoms with Crippen LogP contribution in [0.2, 0.25) is 0 Å². The minimum atomic E-state index is -0.234. The first kappa shape index (κ1) is 17.8. The number of hydrogen-bond donors (Lipinski definition) is 1. The summed E-state index contributed by atoms with van der Waals surface area (Å²) < 4.78 is 12.0. The Bertz CT molecular complexity index is 770. The molecule has 1 aromatic heterocycles. The molecular formula is C17H18AsN3O3. The number of aromatic nitrogens is 1. The number of carbonyl (C=O) groups excluding carboxylic acids is 1. The summed E-state index contributed by atoms with van der Waals surface area (Å²) >= 11 is 1.26. The molecule has 1 amide bonds. The summed E-state index contributed by atoms with van der Waals surface area (Å²) in [5.41, 5.74) is 0.357. The van der Waals surface area contributed by atoms with Gasteiger partial charge >= 0.3 is 149 Å². The molecule has 2 rings (SSSR count). The van der Waals surface area contributed by atoms with Gasteiger partial charge in [-0.15, -0.1) is 0 Å². The van der Waals surface area contributed by atoms with Gasteiger partial charge in [0.15, 0.2) is 0 Å². The van der Waals surface area contributed by atoms with Crippen LogP contribution < -0.4 is 19.1 Å². The first-order chi connectivity index (χ1) is 11.5. The first-order valence-electron chi connectivity index (χ1n) is 7.42. The number of nitriles is 1. The van der Waals surface area contributed by atoms with E-state index < -0.39 is 0 Å². The first-order valence-corrected chi connectivity index (χ1v) is 8.63. The van der Waals surface area contributed by atoms with Gasteiger partial charge in [-0.25, -0.2) is 0 Å². The van der Waals surface area contributed by atoms with E-state index in [4.69, 9.17) is 9.47 Å². The molecule has 0 aliphatic heterocycles. The summed E-state index contributed by atoms with van der Waals surface area (Å²) in [5.74, 6) is 1.59. The Morgan fingerprint density at radius 2 is 2.00 bits per heavy atom. The molecule has 2 aromatic rings. The zero-order chi connectivity index (χ0) is 17.5. The van der Waals surface area contributed by atoms with E-state index in [1.165, 1.54) is 23.8 Å². The topological polar surface area (TPSA) is 84.2 Å². The second-order valence-electron chi connectivity index (χ2n) is 4.99. The van der Waals surface area contributed by atoms with Crippen LogP contribution in [0.4, 0.5) is 5.82 Å². The van der Waals surface area contributed by atoms with Gasteiger partial charge in [-0.2, -0.15) is 0 Å². The molecule has 0 saturated carbocycles. The van der Waals surface area contributed by atoms with E-state index in [9.17, 15) is 10.1 Å². The number of carbonyl (C=O) groups is 1. The number of nitrogens with zero attached hydrogens (tertiary/aromatic N) is 2. The second-order valence-corrected chi connectivity index (χ2v) is 6.30. The molecule has 1 N–H and O–H groups in total. The minimum absolute atomic E-state index is 0.172. The quantitative estimate of drug-likeness (QED) is 0.764. The van der Waals surface area contributed by atoms with Crippen LogP contribution >= 0.6 is 0 Å². The zero-order valence-corrected chi connectivity index (χ0v) is 15.9. The molecule has 0 aliphatic carbocycles. The molecule has 1 unspecified atom stereocenters. The van der Waals surface area contributed by atoms with Gasteiger partial charge in [0.25, 0.3) is 0 Å². The van der Waals surface area contributed by atoms with Gasteiger partial charge in [0.2, 0.25) is 0 Å². The fraction of sp³-hybridized carbons (Fsp3) is 0.235. The SMILES string of the molecule is CCCOc1ccc(Oc2nc(NC(C)=O)cc([AsH2])c2C#N)cc1. The molecule has 6 nitrogen and oxygen atoms in total. The van der Waals surface area contributed by atoms with Crippen molar-refractivity contribution in [3.8, 4) is 23.4 Å². The maximum absolute atomic E-state index is 11.2. The Labute approximate surface area is 149 Å². The predicted molar refractivity (Wildman–Crippen MR) is 93.7 cm³/mol. The summed E-state index contributed by atoms with van der Waals surface area (Å²) in [4.78, 5) is 15.4. The van der Waals surface area contributed by atoms with Crippen molar-refractivity contribution in [2.45, 2.75) is 20.3 Å². The zero-order valence-electron chi connectivity index (χ0n) is 13.5. The van der Waals surface area contributed by atoms with E-state index in [0.717, 1.165) is 16.5 Å². The third kappa shape index (κ3) is 4.74. The van der Waals surface area contributed by atoms with Crippen LogP contribution in [0.1, 0.15) is 25.8 Å². The van der Waals surface area contributed by atoms with Crippen LogP contribution in [-0.2, 0) is 4.79 Å². The van der Waals surface area contributed by atoms with Gasteiger partial charge in [-0.05, 0) is 0 Å². The fourth-order valence-corrected chi connectivity index (χ4v) is 2.63. The van der Waals surface area contributed by atoms with Crippen LogP contribution in [0.25, 0.3) is 0 Å². The average Bonchev–Trinajstić information content (AvgIpc) is 2.53. The van der Waals surface area contributed by atoms with E-state index in [2.05, 4.69) is 16.4 Å². The molecule has 0 aliphatic rings. The van der Waals surface area contributed by atoms with Crippen LogP contribution in [0.3, 0.4) is 0 Å². The van der Waals surface area contributed by atoms with Gasteiger partial charge in [0.1, 0.15) is 0 Å². The maximum atomic E-state index is 11.2. The summed E-state index contributed by atoms with van der Waals surface area (Å²) in [6.07, 6.45) is 0.935. The molecule has 0 radical (unpaired) electrons. The van der Waals surface area contributed by atoms with Crippen LogP contribution in [0, 0.1) is 11.3 Å². The normalized spacial score (nSPS) is 9.92. The Balaban J connectivity index is 2.25. The molecule has 0 saturated heterocycles. The van der Waals surface area contributed by atoms with Gasteiger partial charge < -0.3 is 0 Å². The van der Waals surface area contributed by atoms with Crippen molar-refractivity contribution in [3.63, 3.8) is 0 Å². The summed E-state index contributed by atoms with van der Waals surface area (Å²) in [5, 5.41) is 11.9. The van der Waals surface area contributed by atoms with E-state index in [1.807, 2.05) is 6.92 Å². The van der Waals surface area contributed by atoms with Gasteiger partial charge in [0.05, 0.1) is 0 Å². The number of pyridine rings is 1. The van der Waals surface area contributed by atoms with Crippen molar-refractivity contribution in [1.82, 2.24) is 4.98 Å². The Kier molecular flexibility index (Phi) is 6.22. The number of benzene rings is 1. The average molecular weight is 387 g/mol. The monoisotopic (exact) mass is 387 g/mol. The molecule has 1 aromatic carbocycles. The molecule has 24 heavy (non-hydrogen) atoms. The number of ether oxygens (including phenoxy) is 2. The van der Waals surface area contributed by atoms with Crippen LogP contribution in [0.15, 0.2) is 30.3 Å². The summed E-state index contributed by atoms with van der Waals surface area (Å²) in [6, 6.07) is 10.8. The van der Waals surface area contributed by atoms with Crippen molar-refractivity contribution in [3.05, 3.63) is 35.9 Å². The van der Waals surface area contributed by atoms with E-state index in [0.29, 0.717) is 23.7 Å². The molecular weight excluding hydrogens is 369 g/mol. The molecule has 124 valence electrons. The molecule has 1 heterocycles. The van der Waals surface area contributed by atoms with Crippen molar-refractivity contribution in [2.24, 2.45) is 0 Å². The van der Waals surface area contributed by atoms with Crippen molar-refractivity contribution in [1.29, 1.82) is 5.26 Å². The summed E-state index contributed by atoms with van der Waals surface area (Å²) in [7, 11) is 0. The number of nitrogens with one attached hydrogen (secondary N) is 1. The molecule has 0 fully saturated rings. The Morgan fingerprint density at radius 1 is 1.33 bits per heavy atom. The third-order valence-electron chi connectivity index (χ3n) is 2.94. The third-order valence-corrected chi connectivity index (χ3v) is 3.90. The van der Waals surface area contributed by atoms with Crippen molar-refractivity contribution >= 4 is 32.9 Å². The predicted octanol–water partition coefficient (Wildman–Crippen LogP) is 1.75. The number of hydrogen-bond acceptors (Lipinski definition) is 5. The van der Waals surface area contributed by atoms with E-state index >= 15 is 0 Å². The van der Waals surface area contributed by atoms with E-state index in [-0.39, 0.29) is 11.8 Å². The molecule has 0 bridgehead atoms. The van der Waals surface area contributed by atoms with E-state index in [1.54, 1.807) is 30.3 Å². The fourth-order valence-electron chi connectivity index (χ4n) is 1.91.